The maximum absolute atomic E-state index is 12.4. The van der Waals surface area contributed by atoms with Gasteiger partial charge in [0.2, 0.25) is 0 Å². The first-order valence-electron chi connectivity index (χ1n) is 8.24. The highest BCUT2D eigenvalue weighted by atomic mass is 35.5. The van der Waals surface area contributed by atoms with Crippen LogP contribution in [0, 0.1) is 11.3 Å². The maximum atomic E-state index is 12.4. The van der Waals surface area contributed by atoms with Crippen LogP contribution in [0.1, 0.15) is 11.3 Å². The van der Waals surface area contributed by atoms with E-state index in [0.717, 1.165) is 5.56 Å². The lowest BCUT2D eigenvalue weighted by atomic mass is 10.2. The molecule has 0 saturated carbocycles. The summed E-state index contributed by atoms with van der Waals surface area (Å²) in [7, 11) is 0. The molecule has 7 heteroatoms. The molecule has 0 unspecified atom stereocenters. The van der Waals surface area contributed by atoms with Crippen molar-refractivity contribution in [2.45, 2.75) is 6.54 Å². The van der Waals surface area contributed by atoms with Crippen LogP contribution in [-0.2, 0) is 11.3 Å². The fraction of sp³-hybridized carbons (Fsp3) is 0.0476. The average Bonchev–Trinajstić information content (AvgIpc) is 3.10. The van der Waals surface area contributed by atoms with Crippen LogP contribution in [0.3, 0.4) is 0 Å². The summed E-state index contributed by atoms with van der Waals surface area (Å²) < 4.78 is 1.89. The van der Waals surface area contributed by atoms with Gasteiger partial charge in [-0.1, -0.05) is 40.9 Å². The number of amides is 1. The molecule has 1 N–H and O–H groups in total. The minimum absolute atomic E-state index is 0.0166. The number of aromatic nitrogens is 1. The lowest BCUT2D eigenvalue weighted by Gasteiger charge is -2.10. The molecule has 1 aromatic heterocycles. The highest BCUT2D eigenvalue weighted by molar-refractivity contribution is 6.35. The molecule has 0 fully saturated rings. The summed E-state index contributed by atoms with van der Waals surface area (Å²) in [6.07, 6.45) is 3.39. The van der Waals surface area contributed by atoms with E-state index >= 15 is 0 Å². The summed E-state index contributed by atoms with van der Waals surface area (Å²) in [5.74, 6) is -0.498. The molecule has 3 rings (SSSR count). The highest BCUT2D eigenvalue weighted by Crippen LogP contribution is 2.23. The van der Waals surface area contributed by atoms with E-state index in [4.69, 9.17) is 34.8 Å². The summed E-state index contributed by atoms with van der Waals surface area (Å²) in [5, 5.41) is 13.8. The van der Waals surface area contributed by atoms with Crippen molar-refractivity contribution in [3.05, 3.63) is 92.7 Å². The molecule has 140 valence electrons. The summed E-state index contributed by atoms with van der Waals surface area (Å²) >= 11 is 18.0. The van der Waals surface area contributed by atoms with E-state index < -0.39 is 5.91 Å². The molecule has 0 saturated heterocycles. The van der Waals surface area contributed by atoms with Crippen LogP contribution in [0.2, 0.25) is 15.1 Å². The first kappa shape index (κ1) is 20.0. The van der Waals surface area contributed by atoms with E-state index in [1.54, 1.807) is 36.4 Å². The summed E-state index contributed by atoms with van der Waals surface area (Å²) in [4.78, 5) is 12.4. The number of carbonyl (C=O) groups is 1. The average molecular weight is 431 g/mol. The van der Waals surface area contributed by atoms with Crippen LogP contribution in [0.15, 0.2) is 66.4 Å². The number of rotatable bonds is 5. The van der Waals surface area contributed by atoms with Gasteiger partial charge in [-0.15, -0.1) is 0 Å². The molecule has 0 atom stereocenters. The fourth-order valence-corrected chi connectivity index (χ4v) is 3.16. The second-order valence-corrected chi connectivity index (χ2v) is 7.21. The number of hydrogen-bond acceptors (Lipinski definition) is 2. The van der Waals surface area contributed by atoms with Crippen LogP contribution >= 0.6 is 34.8 Å². The summed E-state index contributed by atoms with van der Waals surface area (Å²) in [6.45, 7) is 0.479. The van der Waals surface area contributed by atoms with E-state index in [-0.39, 0.29) is 5.57 Å². The highest BCUT2D eigenvalue weighted by Gasteiger charge is 2.12. The normalized spacial score (nSPS) is 11.1. The number of nitriles is 1. The second-order valence-electron chi connectivity index (χ2n) is 5.93. The van der Waals surface area contributed by atoms with Crippen LogP contribution < -0.4 is 5.32 Å². The molecular weight excluding hydrogens is 417 g/mol. The molecule has 0 spiro atoms. The number of halogens is 3. The van der Waals surface area contributed by atoms with Crippen LogP contribution in [-0.4, -0.2) is 10.5 Å². The molecule has 0 aliphatic heterocycles. The van der Waals surface area contributed by atoms with Crippen molar-refractivity contribution in [3.8, 4) is 6.07 Å². The van der Waals surface area contributed by atoms with Crippen LogP contribution in [0.4, 0.5) is 5.69 Å². The zero-order chi connectivity index (χ0) is 20.1. The number of anilines is 1. The quantitative estimate of drug-likeness (QED) is 0.396. The van der Waals surface area contributed by atoms with Crippen molar-refractivity contribution in [3.63, 3.8) is 0 Å². The van der Waals surface area contributed by atoms with Gasteiger partial charge in [-0.2, -0.15) is 5.26 Å². The molecule has 28 heavy (non-hydrogen) atoms. The largest absolute Gasteiger partial charge is 0.343 e. The van der Waals surface area contributed by atoms with Crippen molar-refractivity contribution >= 4 is 52.5 Å². The van der Waals surface area contributed by atoms with Gasteiger partial charge in [0.05, 0.1) is 0 Å². The minimum atomic E-state index is -0.498. The first-order valence-corrected chi connectivity index (χ1v) is 9.37. The number of carbonyl (C=O) groups excluding carboxylic acids is 1. The predicted octanol–water partition coefficient (Wildman–Crippen LogP) is 6.04. The van der Waals surface area contributed by atoms with Gasteiger partial charge < -0.3 is 9.88 Å². The Labute approximate surface area is 177 Å². The van der Waals surface area contributed by atoms with E-state index in [1.165, 1.54) is 6.08 Å². The van der Waals surface area contributed by atoms with Gasteiger partial charge in [0.1, 0.15) is 11.6 Å². The smallest absolute Gasteiger partial charge is 0.266 e. The zero-order valence-electron chi connectivity index (χ0n) is 14.5. The summed E-state index contributed by atoms with van der Waals surface area (Å²) in [5.41, 5.74) is 2.12. The van der Waals surface area contributed by atoms with Gasteiger partial charge in [0.25, 0.3) is 5.91 Å². The van der Waals surface area contributed by atoms with Crippen molar-refractivity contribution in [2.24, 2.45) is 0 Å². The van der Waals surface area contributed by atoms with E-state index in [1.807, 2.05) is 35.0 Å². The first-order chi connectivity index (χ1) is 13.5. The summed E-state index contributed by atoms with van der Waals surface area (Å²) in [6, 6.07) is 17.5. The lowest BCUT2D eigenvalue weighted by Crippen LogP contribution is -2.13. The predicted molar refractivity (Wildman–Crippen MR) is 114 cm³/mol. The van der Waals surface area contributed by atoms with Gasteiger partial charge in [-0.25, -0.2) is 0 Å². The van der Waals surface area contributed by atoms with Crippen LogP contribution in [0.25, 0.3) is 6.08 Å². The molecular formula is C21H14Cl3N3O. The topological polar surface area (TPSA) is 57.8 Å². The Hall–Kier alpha value is -2.71. The zero-order valence-corrected chi connectivity index (χ0v) is 16.8. The van der Waals surface area contributed by atoms with Crippen LogP contribution in [0.5, 0.6) is 0 Å². The molecule has 1 amide bonds. The van der Waals surface area contributed by atoms with Gasteiger partial charge in [0, 0.05) is 39.2 Å². The number of hydrogen-bond donors (Lipinski definition) is 1. The monoisotopic (exact) mass is 429 g/mol. The minimum Gasteiger partial charge on any atom is -0.343 e. The number of benzene rings is 2. The lowest BCUT2D eigenvalue weighted by molar-refractivity contribution is -0.112. The van der Waals surface area contributed by atoms with Crippen molar-refractivity contribution in [2.75, 3.05) is 5.32 Å². The van der Waals surface area contributed by atoms with Crippen molar-refractivity contribution in [1.82, 2.24) is 4.57 Å². The van der Waals surface area contributed by atoms with E-state index in [9.17, 15) is 10.1 Å². The Morgan fingerprint density at radius 1 is 1.07 bits per heavy atom. The van der Waals surface area contributed by atoms with Crippen molar-refractivity contribution < 1.29 is 4.79 Å². The SMILES string of the molecule is N#CC(=Cc1cccn1Cc1ccc(Cl)cc1Cl)C(=O)Nc1ccc(Cl)cc1. The molecule has 0 aliphatic rings. The Balaban J connectivity index is 1.81. The second kappa shape index (κ2) is 8.99. The Morgan fingerprint density at radius 2 is 1.79 bits per heavy atom. The molecule has 0 radical (unpaired) electrons. The Kier molecular flexibility index (Phi) is 6.43. The molecule has 0 bridgehead atoms. The standard InChI is InChI=1S/C21H14Cl3N3O/c22-16-5-7-18(8-6-16)26-21(28)15(12-25)10-19-2-1-9-27(19)13-14-3-4-17(23)11-20(14)24/h1-11H,13H2,(H,26,28). The van der Waals surface area contributed by atoms with Gasteiger partial charge in [-0.3, -0.25) is 4.79 Å². The fourth-order valence-electron chi connectivity index (χ4n) is 2.56. The van der Waals surface area contributed by atoms with Gasteiger partial charge in [-0.05, 0) is 60.2 Å². The van der Waals surface area contributed by atoms with E-state index in [2.05, 4.69) is 5.32 Å². The maximum Gasteiger partial charge on any atom is 0.266 e. The molecule has 1 heterocycles. The van der Waals surface area contributed by atoms with Crippen molar-refractivity contribution in [1.29, 1.82) is 5.26 Å². The third kappa shape index (κ3) is 4.96. The number of nitrogens with one attached hydrogen (secondary N) is 1. The number of nitrogens with zero attached hydrogens (tertiary/aromatic N) is 2. The van der Waals surface area contributed by atoms with Gasteiger partial charge in [0.15, 0.2) is 0 Å². The molecule has 3 aromatic rings. The third-order valence-corrected chi connectivity index (χ3v) is 4.82. The molecule has 2 aromatic carbocycles. The molecule has 0 aliphatic carbocycles. The Morgan fingerprint density at radius 3 is 2.46 bits per heavy atom. The Bertz CT molecular complexity index is 1080. The van der Waals surface area contributed by atoms with Gasteiger partial charge >= 0.3 is 0 Å². The third-order valence-electron chi connectivity index (χ3n) is 3.98. The van der Waals surface area contributed by atoms with E-state index in [0.29, 0.717) is 33.0 Å². The molecule has 4 nitrogen and oxygen atoms in total.